The summed E-state index contributed by atoms with van der Waals surface area (Å²) >= 11 is 5.85. The van der Waals surface area contributed by atoms with Gasteiger partial charge in [0.2, 0.25) is 10.0 Å². The van der Waals surface area contributed by atoms with Crippen molar-refractivity contribution in [3.05, 3.63) is 47.5 Å². The van der Waals surface area contributed by atoms with Gasteiger partial charge in [-0.25, -0.2) is 8.42 Å². The van der Waals surface area contributed by atoms with Crippen LogP contribution in [-0.2, 0) is 10.0 Å². The van der Waals surface area contributed by atoms with E-state index >= 15 is 0 Å². The molecule has 6 nitrogen and oxygen atoms in total. The molecule has 0 aliphatic carbocycles. The van der Waals surface area contributed by atoms with Crippen LogP contribution in [0, 0.1) is 0 Å². The van der Waals surface area contributed by atoms with Crippen molar-refractivity contribution >= 4 is 27.3 Å². The lowest BCUT2D eigenvalue weighted by Gasteiger charge is -2.35. The van der Waals surface area contributed by atoms with Crippen LogP contribution in [0.1, 0.15) is 0 Å². The number of methoxy groups -OCH3 is 2. The van der Waals surface area contributed by atoms with Crippen molar-refractivity contribution in [2.24, 2.45) is 0 Å². The molecule has 2 aromatic rings. The molecule has 0 amide bonds. The first kappa shape index (κ1) is 18.8. The predicted molar refractivity (Wildman–Crippen MR) is 102 cm³/mol. The van der Waals surface area contributed by atoms with Crippen LogP contribution in [0.4, 0.5) is 5.69 Å². The van der Waals surface area contributed by atoms with Crippen LogP contribution in [0.15, 0.2) is 47.4 Å². The number of nitrogens with zero attached hydrogens (tertiary/aromatic N) is 2. The number of anilines is 1. The van der Waals surface area contributed by atoms with E-state index in [2.05, 4.69) is 4.90 Å². The van der Waals surface area contributed by atoms with Crippen LogP contribution in [0.3, 0.4) is 0 Å². The Bertz CT molecular complexity index is 863. The van der Waals surface area contributed by atoms with Crippen LogP contribution < -0.4 is 14.4 Å². The SMILES string of the molecule is COc1ccc(N2CCN(S(=O)(=O)c3ccc(Cl)cc3)CC2)cc1OC. The summed E-state index contributed by atoms with van der Waals surface area (Å²) in [6, 6.07) is 12.0. The van der Waals surface area contributed by atoms with Crippen molar-refractivity contribution in [1.82, 2.24) is 4.31 Å². The Morgan fingerprint density at radius 3 is 2.08 bits per heavy atom. The van der Waals surface area contributed by atoms with E-state index in [-0.39, 0.29) is 4.90 Å². The minimum Gasteiger partial charge on any atom is -0.493 e. The second-order valence-corrected chi connectivity index (χ2v) is 8.26. The van der Waals surface area contributed by atoms with Crippen LogP contribution in [0.2, 0.25) is 5.02 Å². The molecule has 1 aliphatic heterocycles. The summed E-state index contributed by atoms with van der Waals surface area (Å²) in [6.45, 7) is 2.03. The standard InChI is InChI=1S/C18H21ClN2O4S/c1-24-17-8-5-15(13-18(17)25-2)20-9-11-21(12-10-20)26(22,23)16-6-3-14(19)4-7-16/h3-8,13H,9-12H2,1-2H3. The van der Waals surface area contributed by atoms with Gasteiger partial charge in [0.25, 0.3) is 0 Å². The molecular formula is C18H21ClN2O4S. The number of benzene rings is 2. The number of halogens is 1. The monoisotopic (exact) mass is 396 g/mol. The van der Waals surface area contributed by atoms with Gasteiger partial charge in [-0.3, -0.25) is 0 Å². The summed E-state index contributed by atoms with van der Waals surface area (Å²) in [4.78, 5) is 2.40. The first-order valence-corrected chi connectivity index (χ1v) is 10.00. The molecule has 1 fully saturated rings. The maximum absolute atomic E-state index is 12.8. The highest BCUT2D eigenvalue weighted by Gasteiger charge is 2.28. The average molecular weight is 397 g/mol. The molecule has 8 heteroatoms. The van der Waals surface area contributed by atoms with Gasteiger partial charge in [0.1, 0.15) is 0 Å². The molecule has 140 valence electrons. The number of hydrogen-bond acceptors (Lipinski definition) is 5. The fourth-order valence-electron chi connectivity index (χ4n) is 2.96. The van der Waals surface area contributed by atoms with E-state index in [1.165, 1.54) is 4.31 Å². The summed E-state index contributed by atoms with van der Waals surface area (Å²) in [5.41, 5.74) is 0.978. The number of hydrogen-bond donors (Lipinski definition) is 0. The van der Waals surface area contributed by atoms with Crippen molar-refractivity contribution in [2.45, 2.75) is 4.90 Å². The lowest BCUT2D eigenvalue weighted by atomic mass is 10.2. The Balaban J connectivity index is 1.72. The quantitative estimate of drug-likeness (QED) is 0.777. The van der Waals surface area contributed by atoms with Gasteiger partial charge in [0.05, 0.1) is 19.1 Å². The van der Waals surface area contributed by atoms with Crippen molar-refractivity contribution in [3.8, 4) is 11.5 Å². The van der Waals surface area contributed by atoms with Crippen molar-refractivity contribution in [3.63, 3.8) is 0 Å². The second kappa shape index (κ2) is 7.73. The van der Waals surface area contributed by atoms with Crippen LogP contribution in [0.25, 0.3) is 0 Å². The van der Waals surface area contributed by atoms with E-state index in [4.69, 9.17) is 21.1 Å². The van der Waals surface area contributed by atoms with Crippen LogP contribution >= 0.6 is 11.6 Å². The number of ether oxygens (including phenoxy) is 2. The van der Waals surface area contributed by atoms with Gasteiger partial charge in [-0.15, -0.1) is 0 Å². The number of rotatable bonds is 5. The molecule has 1 heterocycles. The largest absolute Gasteiger partial charge is 0.493 e. The van der Waals surface area contributed by atoms with E-state index in [1.54, 1.807) is 38.5 Å². The van der Waals surface area contributed by atoms with Crippen molar-refractivity contribution < 1.29 is 17.9 Å². The molecule has 1 saturated heterocycles. The molecule has 0 aromatic heterocycles. The lowest BCUT2D eigenvalue weighted by Crippen LogP contribution is -2.48. The molecule has 1 aliphatic rings. The summed E-state index contributed by atoms with van der Waals surface area (Å²) in [7, 11) is -0.314. The summed E-state index contributed by atoms with van der Waals surface area (Å²) in [6.07, 6.45) is 0. The van der Waals surface area contributed by atoms with E-state index < -0.39 is 10.0 Å². The van der Waals surface area contributed by atoms with Gasteiger partial charge < -0.3 is 14.4 Å². The zero-order valence-corrected chi connectivity index (χ0v) is 16.3. The van der Waals surface area contributed by atoms with E-state index in [1.807, 2.05) is 18.2 Å². The van der Waals surface area contributed by atoms with Gasteiger partial charge in [0.15, 0.2) is 11.5 Å². The number of piperazine rings is 1. The summed E-state index contributed by atoms with van der Waals surface area (Å²) < 4.78 is 37.6. The minimum absolute atomic E-state index is 0.265. The average Bonchev–Trinajstić information content (AvgIpc) is 2.68. The third-order valence-electron chi connectivity index (χ3n) is 4.42. The zero-order valence-electron chi connectivity index (χ0n) is 14.7. The Morgan fingerprint density at radius 2 is 1.50 bits per heavy atom. The Kier molecular flexibility index (Phi) is 5.60. The highest BCUT2D eigenvalue weighted by Crippen LogP contribution is 2.32. The number of sulfonamides is 1. The maximum atomic E-state index is 12.8. The maximum Gasteiger partial charge on any atom is 0.243 e. The molecule has 2 aromatic carbocycles. The smallest absolute Gasteiger partial charge is 0.243 e. The fraction of sp³-hybridized carbons (Fsp3) is 0.333. The third kappa shape index (κ3) is 3.75. The summed E-state index contributed by atoms with van der Waals surface area (Å²) in [5, 5.41) is 0.516. The molecule has 0 unspecified atom stereocenters. The first-order valence-electron chi connectivity index (χ1n) is 8.18. The minimum atomic E-state index is -3.50. The fourth-order valence-corrected chi connectivity index (χ4v) is 4.51. The van der Waals surface area contributed by atoms with E-state index in [0.29, 0.717) is 42.7 Å². The van der Waals surface area contributed by atoms with Crippen molar-refractivity contribution in [2.75, 3.05) is 45.3 Å². The first-order chi connectivity index (χ1) is 12.5. The molecule has 0 radical (unpaired) electrons. The molecule has 0 N–H and O–H groups in total. The lowest BCUT2D eigenvalue weighted by molar-refractivity contribution is 0.354. The van der Waals surface area contributed by atoms with Crippen molar-refractivity contribution in [1.29, 1.82) is 0 Å². The molecule has 0 spiro atoms. The zero-order chi connectivity index (χ0) is 18.7. The molecule has 0 saturated carbocycles. The van der Waals surface area contributed by atoms with Gasteiger partial charge in [-0.05, 0) is 36.4 Å². The molecule has 26 heavy (non-hydrogen) atoms. The van der Waals surface area contributed by atoms with Gasteiger partial charge in [-0.2, -0.15) is 4.31 Å². The van der Waals surface area contributed by atoms with E-state index in [0.717, 1.165) is 5.69 Å². The molecular weight excluding hydrogens is 376 g/mol. The van der Waals surface area contributed by atoms with Crippen LogP contribution in [-0.4, -0.2) is 53.1 Å². The van der Waals surface area contributed by atoms with E-state index in [9.17, 15) is 8.42 Å². The van der Waals surface area contributed by atoms with Gasteiger partial charge in [-0.1, -0.05) is 11.6 Å². The highest BCUT2D eigenvalue weighted by atomic mass is 35.5. The molecule has 0 atom stereocenters. The summed E-state index contributed by atoms with van der Waals surface area (Å²) in [5.74, 6) is 1.32. The topological polar surface area (TPSA) is 59.1 Å². The molecule has 3 rings (SSSR count). The highest BCUT2D eigenvalue weighted by molar-refractivity contribution is 7.89. The predicted octanol–water partition coefficient (Wildman–Crippen LogP) is 2.87. The van der Waals surface area contributed by atoms with Gasteiger partial charge in [0, 0.05) is 43.0 Å². The van der Waals surface area contributed by atoms with Gasteiger partial charge >= 0.3 is 0 Å². The Hall–Kier alpha value is -1.96. The molecule has 0 bridgehead atoms. The Morgan fingerprint density at radius 1 is 0.885 bits per heavy atom. The second-order valence-electron chi connectivity index (χ2n) is 5.88. The third-order valence-corrected chi connectivity index (χ3v) is 6.59. The van der Waals surface area contributed by atoms with Crippen LogP contribution in [0.5, 0.6) is 11.5 Å². The normalized spacial score (nSPS) is 15.7. The Labute approximate surface area is 158 Å².